The molecule has 0 unspecified atom stereocenters. The third-order valence-electron chi connectivity index (χ3n) is 1.56. The molecule has 0 aliphatic carbocycles. The molecule has 0 saturated heterocycles. The third-order valence-corrected chi connectivity index (χ3v) is 4.03. The Morgan fingerprint density at radius 3 is 2.17 bits per heavy atom. The fraction of sp³-hybridized carbons (Fsp3) is 0.111. The Hall–Kier alpha value is -0.310. The fourth-order valence-electron chi connectivity index (χ4n) is 1.02. The fourth-order valence-corrected chi connectivity index (χ4v) is 3.05. The van der Waals surface area contributed by atoms with Crippen LogP contribution in [0.1, 0.15) is 4.88 Å². The maximum Gasteiger partial charge on any atom is 0.280 e. The Labute approximate surface area is 84.4 Å². The van der Waals surface area contributed by atoms with Crippen LogP contribution in [0.5, 0.6) is 0 Å². The summed E-state index contributed by atoms with van der Waals surface area (Å²) in [6.45, 7) is 2.12. The average Bonchev–Trinajstić information content (AvgIpc) is 2.58. The van der Waals surface area contributed by atoms with Crippen molar-refractivity contribution in [3.8, 4) is 9.75 Å². The summed E-state index contributed by atoms with van der Waals surface area (Å²) in [6.07, 6.45) is 0. The molecular formula is C9H8ClS2+. The molecule has 2 aromatic rings. The monoisotopic (exact) mass is 215 g/mol. The first-order chi connectivity index (χ1) is 5.75. The number of aryl methyl sites for hydroxylation is 1. The van der Waals surface area contributed by atoms with Gasteiger partial charge in [0.05, 0.1) is 4.88 Å². The van der Waals surface area contributed by atoms with Gasteiger partial charge in [0.25, 0.3) is 4.34 Å². The summed E-state index contributed by atoms with van der Waals surface area (Å²) in [5.41, 5.74) is 0. The van der Waals surface area contributed by atoms with E-state index in [-0.39, 0.29) is 0 Å². The van der Waals surface area contributed by atoms with E-state index in [9.17, 15) is 0 Å². The van der Waals surface area contributed by atoms with Gasteiger partial charge in [0.15, 0.2) is 11.6 Å². The molecule has 0 aliphatic heterocycles. The van der Waals surface area contributed by atoms with Crippen molar-refractivity contribution in [3.63, 3.8) is 0 Å². The Balaban J connectivity index is 2.43. The lowest BCUT2D eigenvalue weighted by Gasteiger charge is -1.85. The number of hydrogen-bond donors (Lipinski definition) is 0. The normalized spacial score (nSPS) is 10.5. The lowest BCUT2D eigenvalue weighted by Crippen LogP contribution is -1.55. The van der Waals surface area contributed by atoms with Gasteiger partial charge in [-0.2, -0.15) is 0 Å². The largest absolute Gasteiger partial charge is 0.280 e. The molecule has 0 amide bonds. The second kappa shape index (κ2) is 3.21. The molecular weight excluding hydrogens is 208 g/mol. The molecule has 0 atom stereocenters. The van der Waals surface area contributed by atoms with Gasteiger partial charge in [-0.3, -0.25) is 0 Å². The summed E-state index contributed by atoms with van der Waals surface area (Å²) in [7, 11) is 0. The highest BCUT2D eigenvalue weighted by atomic mass is 35.5. The SMILES string of the molecule is Cc1ccc(-c2ccc([ClH+])s2)s1. The van der Waals surface area contributed by atoms with Crippen molar-refractivity contribution in [1.82, 2.24) is 0 Å². The maximum absolute atomic E-state index is 5.06. The predicted octanol–water partition coefficient (Wildman–Crippen LogP) is 3.48. The molecule has 3 heteroatoms. The molecule has 62 valence electrons. The lowest BCUT2D eigenvalue weighted by atomic mass is 10.4. The molecule has 12 heavy (non-hydrogen) atoms. The van der Waals surface area contributed by atoms with Crippen molar-refractivity contribution in [2.45, 2.75) is 6.92 Å². The summed E-state index contributed by atoms with van der Waals surface area (Å²) in [5, 5.41) is 0. The topological polar surface area (TPSA) is 0 Å². The molecule has 0 aromatic carbocycles. The van der Waals surface area contributed by atoms with Crippen molar-refractivity contribution >= 4 is 22.7 Å². The van der Waals surface area contributed by atoms with Crippen LogP contribution >= 0.6 is 22.7 Å². The van der Waals surface area contributed by atoms with E-state index in [1.165, 1.54) is 14.6 Å². The van der Waals surface area contributed by atoms with Crippen molar-refractivity contribution in [2.24, 2.45) is 0 Å². The van der Waals surface area contributed by atoms with Crippen molar-refractivity contribution in [3.05, 3.63) is 33.5 Å². The van der Waals surface area contributed by atoms with Gasteiger partial charge < -0.3 is 0 Å². The van der Waals surface area contributed by atoms with Crippen molar-refractivity contribution in [1.29, 1.82) is 0 Å². The first kappa shape index (κ1) is 8.30. The molecule has 2 aromatic heterocycles. The van der Waals surface area contributed by atoms with E-state index < -0.39 is 0 Å². The van der Waals surface area contributed by atoms with Crippen LogP contribution in [0.3, 0.4) is 0 Å². The van der Waals surface area contributed by atoms with E-state index in [2.05, 4.69) is 25.1 Å². The van der Waals surface area contributed by atoms with Gasteiger partial charge in [-0.05, 0) is 25.1 Å². The zero-order valence-electron chi connectivity index (χ0n) is 6.53. The number of rotatable bonds is 1. The minimum atomic E-state index is 0.969. The van der Waals surface area contributed by atoms with E-state index in [0.29, 0.717) is 0 Å². The first-order valence-electron chi connectivity index (χ1n) is 3.59. The summed E-state index contributed by atoms with van der Waals surface area (Å²) < 4.78 is 0.969. The Bertz CT molecular complexity index is 348. The van der Waals surface area contributed by atoms with Crippen LogP contribution in [0, 0.1) is 18.5 Å². The van der Waals surface area contributed by atoms with Crippen LogP contribution < -0.4 is 0 Å². The lowest BCUT2D eigenvalue weighted by molar-refractivity contribution is -0.281. The van der Waals surface area contributed by atoms with Crippen molar-refractivity contribution < 1.29 is 11.6 Å². The molecule has 0 saturated carbocycles. The number of hydrogen-bond acceptors (Lipinski definition) is 2. The van der Waals surface area contributed by atoms with Gasteiger partial charge in [-0.15, -0.1) is 11.3 Å². The smallest absolute Gasteiger partial charge is 0.140 e. The second-order valence-electron chi connectivity index (χ2n) is 2.53. The number of halogens is 1. The van der Waals surface area contributed by atoms with Crippen molar-refractivity contribution in [2.75, 3.05) is 0 Å². The van der Waals surface area contributed by atoms with E-state index in [4.69, 9.17) is 11.6 Å². The molecule has 0 bridgehead atoms. The van der Waals surface area contributed by atoms with E-state index >= 15 is 0 Å². The zero-order chi connectivity index (χ0) is 8.55. The van der Waals surface area contributed by atoms with Gasteiger partial charge >= 0.3 is 0 Å². The Morgan fingerprint density at radius 1 is 1.00 bits per heavy atom. The quantitative estimate of drug-likeness (QED) is 0.684. The van der Waals surface area contributed by atoms with E-state index in [1.54, 1.807) is 11.3 Å². The van der Waals surface area contributed by atoms with Gasteiger partial charge in [0, 0.05) is 15.8 Å². The zero-order valence-corrected chi connectivity index (χ0v) is 8.98. The highest BCUT2D eigenvalue weighted by molar-refractivity contribution is 7.22. The molecule has 0 aliphatic rings. The molecule has 0 nitrogen and oxygen atoms in total. The minimum absolute atomic E-state index is 0.969. The van der Waals surface area contributed by atoms with Gasteiger partial charge in [0.1, 0.15) is 0 Å². The van der Waals surface area contributed by atoms with Crippen LogP contribution in [0.15, 0.2) is 24.3 Å². The van der Waals surface area contributed by atoms with Crippen LogP contribution in [0.4, 0.5) is 0 Å². The minimum Gasteiger partial charge on any atom is -0.140 e. The van der Waals surface area contributed by atoms with E-state index in [0.717, 1.165) is 4.34 Å². The highest BCUT2D eigenvalue weighted by Crippen LogP contribution is 2.33. The molecule has 2 heterocycles. The van der Waals surface area contributed by atoms with Gasteiger partial charge in [-0.1, -0.05) is 11.3 Å². The van der Waals surface area contributed by atoms with Crippen LogP contribution in [0.2, 0.25) is 4.34 Å². The molecule has 0 spiro atoms. The summed E-state index contributed by atoms with van der Waals surface area (Å²) in [6, 6.07) is 8.38. The highest BCUT2D eigenvalue weighted by Gasteiger charge is 2.06. The van der Waals surface area contributed by atoms with Crippen LogP contribution in [-0.2, 0) is 0 Å². The summed E-state index contributed by atoms with van der Waals surface area (Å²) in [4.78, 5) is 3.97. The Morgan fingerprint density at radius 2 is 1.67 bits per heavy atom. The molecule has 0 N–H and O–H groups in total. The third kappa shape index (κ3) is 1.56. The van der Waals surface area contributed by atoms with Crippen LogP contribution in [0.25, 0.3) is 9.75 Å². The second-order valence-corrected chi connectivity index (χ2v) is 5.60. The first-order valence-corrected chi connectivity index (χ1v) is 5.63. The maximum atomic E-state index is 5.06. The predicted molar refractivity (Wildman–Crippen MR) is 52.9 cm³/mol. The van der Waals surface area contributed by atoms with Gasteiger partial charge in [0.2, 0.25) is 0 Å². The summed E-state index contributed by atoms with van der Waals surface area (Å²) >= 11 is 8.56. The molecule has 0 radical (unpaired) electrons. The average molecular weight is 216 g/mol. The number of thiophene rings is 2. The standard InChI is InChI=1S/C9H8ClS2/c1-6-2-3-7(11-6)8-4-5-9(10)12-8/h2-5,10H,1H3/q+1. The van der Waals surface area contributed by atoms with E-state index in [1.807, 2.05) is 17.4 Å². The van der Waals surface area contributed by atoms with Crippen LogP contribution in [-0.4, -0.2) is 0 Å². The molecule has 0 fully saturated rings. The van der Waals surface area contributed by atoms with Gasteiger partial charge in [-0.25, -0.2) is 0 Å². The molecule has 2 rings (SSSR count). The Kier molecular flexibility index (Phi) is 2.22. The summed E-state index contributed by atoms with van der Waals surface area (Å²) in [5.74, 6) is 0.